The van der Waals surface area contributed by atoms with Crippen LogP contribution in [0.25, 0.3) is 0 Å². The van der Waals surface area contributed by atoms with E-state index < -0.39 is 142 Å². The van der Waals surface area contributed by atoms with Crippen molar-refractivity contribution in [2.75, 3.05) is 41.0 Å². The number of nitrogens with one attached hydrogen (secondary N) is 6. The van der Waals surface area contributed by atoms with E-state index in [1.165, 1.54) is 47.0 Å². The molecule has 0 aromatic heterocycles. The van der Waals surface area contributed by atoms with Crippen LogP contribution in [0.4, 0.5) is 14.4 Å². The summed E-state index contributed by atoms with van der Waals surface area (Å²) in [5.74, 6) is -5.02. The number of carbonyl (C=O) groups is 11. The maximum atomic E-state index is 13.6. The van der Waals surface area contributed by atoms with Crippen LogP contribution in [-0.2, 0) is 66.8 Å². The van der Waals surface area contributed by atoms with Crippen molar-refractivity contribution < 1.29 is 102 Å². The molecule has 6 fully saturated rings. The molecule has 8 unspecified atom stereocenters. The highest BCUT2D eigenvalue weighted by Crippen LogP contribution is 2.86. The topological polar surface area (TPSA) is 403 Å². The zero-order chi connectivity index (χ0) is 87.6. The highest BCUT2D eigenvalue weighted by Gasteiger charge is 2.64. The molecule has 6 rings (SSSR count). The van der Waals surface area contributed by atoms with Gasteiger partial charge in [-0.2, -0.15) is 0 Å². The summed E-state index contributed by atoms with van der Waals surface area (Å²) >= 11 is 0. The van der Waals surface area contributed by atoms with Gasteiger partial charge in [-0.3, -0.25) is 59.8 Å². The molecule has 650 valence electrons. The van der Waals surface area contributed by atoms with Crippen molar-refractivity contribution in [2.24, 2.45) is 17.8 Å². The molecule has 0 aromatic carbocycles. The lowest BCUT2D eigenvalue weighted by Gasteiger charge is -2.31. The van der Waals surface area contributed by atoms with Crippen LogP contribution in [0.5, 0.6) is 0 Å². The number of β-amino-alcohol motifs (C(OH)–C–C–N with tert-alkyl or cyclic N) is 3. The summed E-state index contributed by atoms with van der Waals surface area (Å²) in [6, 6.07) is -4.17. The van der Waals surface area contributed by atoms with Crippen LogP contribution >= 0.6 is 127 Å². The van der Waals surface area contributed by atoms with Crippen molar-refractivity contribution >= 4 is 193 Å². The van der Waals surface area contributed by atoms with Gasteiger partial charge in [-0.15, -0.1) is 75.6 Å². The first kappa shape index (κ1) is 114. The number of rotatable bonds is 29. The fourth-order valence-corrected chi connectivity index (χ4v) is 11.5. The number of methoxy groups -OCH3 is 3. The van der Waals surface area contributed by atoms with Crippen molar-refractivity contribution in [3.8, 4) is 0 Å². The number of esters is 3. The first-order valence-corrected chi connectivity index (χ1v) is 58.3. The average molecular weight is 1870 g/mol. The van der Waals surface area contributed by atoms with E-state index in [0.717, 1.165) is 52.9 Å². The molecule has 6 aliphatic rings. The number of ether oxygens (including phenoxy) is 6. The van der Waals surface area contributed by atoms with Crippen LogP contribution in [-0.4, -0.2) is 219 Å². The summed E-state index contributed by atoms with van der Waals surface area (Å²) in [6.45, 7) is 34.2. The van der Waals surface area contributed by atoms with Gasteiger partial charge in [0.25, 0.3) is 0 Å². The number of aliphatic carboxylic acids is 1. The number of likely N-dealkylation sites (tertiary alicyclic amines) is 2. The Balaban J connectivity index is 0. The zero-order valence-electron chi connectivity index (χ0n) is 67.2. The summed E-state index contributed by atoms with van der Waals surface area (Å²) in [6.07, 6.45) is 13.5. The summed E-state index contributed by atoms with van der Waals surface area (Å²) < 4.78 is 30.0. The van der Waals surface area contributed by atoms with Crippen LogP contribution in [0.3, 0.4) is 0 Å². The number of aliphatic hydroxyl groups excluding tert-OH is 3. The second-order valence-corrected chi connectivity index (χ2v) is 59.6. The molecular formula is C69H129N8O21P15-4. The lowest BCUT2D eigenvalue weighted by atomic mass is 10.0. The molecule has 0 aromatic rings. The molecule has 22 atom stereocenters. The summed E-state index contributed by atoms with van der Waals surface area (Å²) in [7, 11) is 34.8. The summed E-state index contributed by atoms with van der Waals surface area (Å²) in [5.41, 5.74) is -5.40. The second kappa shape index (κ2) is 57.8. The van der Waals surface area contributed by atoms with Crippen LogP contribution in [0.15, 0.2) is 63.3 Å². The predicted octanol–water partition coefficient (Wildman–Crippen LogP) is 12.7. The smallest absolute Gasteiger partial charge is 0.411 e. The minimum Gasteiger partial charge on any atom is -0.553 e. The average Bonchev–Trinajstić information content (AvgIpc) is 1.60. The Kier molecular flexibility index (Phi) is 58.1. The fourth-order valence-electron chi connectivity index (χ4n) is 11.5. The van der Waals surface area contributed by atoms with Crippen LogP contribution in [0.1, 0.15) is 165 Å². The molecule has 10 N–H and O–H groups in total. The molecule has 0 bridgehead atoms. The van der Waals surface area contributed by atoms with Gasteiger partial charge in [-0.1, -0.05) is 64.0 Å². The Bertz CT molecular complexity index is 3060. The summed E-state index contributed by atoms with van der Waals surface area (Å²) in [5, 5.41) is 54.7. The van der Waals surface area contributed by atoms with Crippen molar-refractivity contribution in [1.29, 1.82) is 0 Å². The SMILES string of the molecule is C=CCCCCC[C@H](NC(=O)OC(C)(C)C)C(=O)N1C[C@@H](O)C[C@H]1C(=O)N[C@]1(C(=O)OC)C[C@H]1C=C.C=CCCCCC[C@H](NC(=O)OC(C)(C)C)C(=O)O.C=C[C@@H]1C[C@]1(NC(=O)[C@@H]1C[C@H](O)CN1)C(=O)OC.C=C[C@@H]1C[C@]1(NC(=O)[C@@H]1C[C@H](O)CN1C(=O)OC(C)(C)C)C(=O)OC.PPP.P[P-]P.P[P-]P.[PH-]P([PH-])P(P)P. The number of amides is 7. The molecule has 0 radical (unpaired) electrons. The number of unbranched alkanes of at least 4 members (excludes halogenated alkanes) is 6. The maximum absolute atomic E-state index is 13.6. The van der Waals surface area contributed by atoms with Gasteiger partial charge in [0.2, 0.25) is 23.6 Å². The molecule has 0 spiro atoms. The van der Waals surface area contributed by atoms with Gasteiger partial charge in [0.15, 0.2) is 0 Å². The largest absolute Gasteiger partial charge is 0.553 e. The number of aliphatic hydroxyl groups is 3. The Morgan fingerprint density at radius 1 is 0.558 bits per heavy atom. The molecule has 44 heteroatoms. The molecule has 3 aliphatic carbocycles. The molecule has 3 heterocycles. The quantitative estimate of drug-likeness (QED) is 0.0109. The van der Waals surface area contributed by atoms with E-state index in [4.69, 9.17) is 33.5 Å². The number of nitrogens with zero attached hydrogens (tertiary/aromatic N) is 2. The zero-order valence-corrected chi connectivity index (χ0v) is 83.1. The number of alkyl carbamates (subject to hydrolysis) is 2. The monoisotopic (exact) mass is 1870 g/mol. The van der Waals surface area contributed by atoms with Gasteiger partial charge in [0.05, 0.1) is 52.2 Å². The first-order chi connectivity index (χ1) is 52.6. The third kappa shape index (κ3) is 43.8. The van der Waals surface area contributed by atoms with E-state index >= 15 is 0 Å². The number of allylic oxidation sites excluding steroid dienone is 2. The number of carboxylic acids is 1. The number of hydrogen-bond acceptors (Lipinski definition) is 21. The minimum absolute atomic E-state index is 0.00309. The van der Waals surface area contributed by atoms with E-state index in [1.807, 2.05) is 12.2 Å². The van der Waals surface area contributed by atoms with Crippen molar-refractivity contribution in [2.45, 2.75) is 247 Å². The van der Waals surface area contributed by atoms with E-state index in [0.29, 0.717) is 51.5 Å². The van der Waals surface area contributed by atoms with Gasteiger partial charge in [-0.25, -0.2) is 33.6 Å². The van der Waals surface area contributed by atoms with Crippen LogP contribution in [0, 0.1) is 17.8 Å². The van der Waals surface area contributed by atoms with Gasteiger partial charge >= 0.3 is 42.2 Å². The minimum atomic E-state index is -1.21. The maximum Gasteiger partial charge on any atom is 0.411 e. The normalized spacial score (nSPS) is 24.4. The third-order valence-corrected chi connectivity index (χ3v) is 35.6. The Morgan fingerprint density at radius 3 is 1.18 bits per heavy atom. The highest BCUT2D eigenvalue weighted by molar-refractivity contribution is 8.92. The number of hydrogen-bond donors (Lipinski definition) is 10. The van der Waals surface area contributed by atoms with E-state index in [2.05, 4.69) is 154 Å². The first-order valence-electron chi connectivity index (χ1n) is 36.1. The standard InChI is InChI=1S/C26H41N3O7.C17H26N2O6.C14H25NO4.C12H18N2O4.H6P6.H5P3.2H4P3/c1-7-9-10-11-12-13-19(27-24(34)36-25(3,4)5)22(32)29-16-18(30)14-20(29)21(31)28-26(23(33)35-6)15-17(26)8-2;1-6-10-8-17(10,14(22)24-5)18-13(21)12-7-11(20)9-19(12)15(23)25-16(2,3)4;1-5-6-7-8-9-10-11(12(16)17)15-13(18)19-14(2,3)4;1-3-7-5-12(7,11(17)18-2)14-10(16)9-4-8(15)6-13-9;1-5(2)6(3)4;3*1-3-2/h7-8,17-20,30H,1-2,9-16H2,3-6H3,(H,27,34)(H,28,31);6,10-12,20H,1,7-9H2,2-5H3,(H,18,21);5,11H,1,6-10H2,2-4H3,(H,15,18)(H,16,17);3,7-9,13,15H,1,4-6H2,2H3,(H,14,16);1-2H,3-4H2;3H,1-2H2;2*1-2H2/q;;;;-2;;2*-1/t17-,18+,19+,20+,26-;10-,11+,12+,17-;11-;7-,8+,9+,12-;;;;/m1101..../s1. The summed E-state index contributed by atoms with van der Waals surface area (Å²) in [4.78, 5) is 137. The van der Waals surface area contributed by atoms with E-state index in [1.54, 1.807) is 80.5 Å². The van der Waals surface area contributed by atoms with E-state index in [-0.39, 0.29) is 63.6 Å². The predicted molar refractivity (Wildman–Crippen MR) is 490 cm³/mol. The fraction of sp³-hybridized carbons (Fsp3) is 0.696. The third-order valence-electron chi connectivity index (χ3n) is 17.1. The number of carboxylic acid groups (broad SMARTS) is 1. The second-order valence-electron chi connectivity index (χ2n) is 29.5. The van der Waals surface area contributed by atoms with Crippen molar-refractivity contribution in [3.05, 3.63) is 63.3 Å². The molecule has 3 aliphatic heterocycles. The molecule has 113 heavy (non-hydrogen) atoms. The molecule has 7 amide bonds. The van der Waals surface area contributed by atoms with E-state index in [9.17, 15) is 68.1 Å². The number of carbonyl (C=O) groups excluding carboxylic acids is 10. The highest BCUT2D eigenvalue weighted by atomic mass is 33.0. The van der Waals surface area contributed by atoms with Gasteiger partial charge < -0.3 is 126 Å². The van der Waals surface area contributed by atoms with Crippen molar-refractivity contribution in [1.82, 2.24) is 41.7 Å². The lowest BCUT2D eigenvalue weighted by molar-refractivity contribution is -0.148. The van der Waals surface area contributed by atoms with Gasteiger partial charge in [0, 0.05) is 43.7 Å². The Morgan fingerprint density at radius 2 is 0.885 bits per heavy atom. The van der Waals surface area contributed by atoms with Crippen LogP contribution < -0.4 is 31.9 Å². The lowest BCUT2D eigenvalue weighted by Crippen LogP contribution is -2.56. The Hall–Kier alpha value is -1.44. The van der Waals surface area contributed by atoms with Crippen molar-refractivity contribution in [3.63, 3.8) is 0 Å². The van der Waals surface area contributed by atoms with Gasteiger partial charge in [-0.05, 0) is 127 Å². The Labute approximate surface area is 700 Å². The molecule has 29 nitrogen and oxygen atoms in total. The van der Waals surface area contributed by atoms with Gasteiger partial charge in [0.1, 0.15) is 57.6 Å². The van der Waals surface area contributed by atoms with Crippen LogP contribution in [0.2, 0.25) is 0 Å². The molecular weight excluding hydrogens is 1740 g/mol. The molecule has 3 saturated carbocycles. The molecule has 3 saturated heterocycles.